The van der Waals surface area contributed by atoms with E-state index in [-0.39, 0.29) is 17.3 Å². The third kappa shape index (κ3) is 5.05. The molecule has 3 aromatic rings. The van der Waals surface area contributed by atoms with Crippen LogP contribution in [-0.2, 0) is 4.79 Å². The fourth-order valence-electron chi connectivity index (χ4n) is 2.31. The molecule has 10 heteroatoms. The molecular weight excluding hydrogens is 398 g/mol. The van der Waals surface area contributed by atoms with Crippen LogP contribution in [0.2, 0.25) is 0 Å². The average molecular weight is 416 g/mol. The fraction of sp³-hybridized carbons (Fsp3) is 0.167. The lowest BCUT2D eigenvalue weighted by Crippen LogP contribution is -2.13. The van der Waals surface area contributed by atoms with Crippen molar-refractivity contribution in [3.05, 3.63) is 63.7 Å². The number of nitrogens with one attached hydrogen (secondary N) is 2. The SMILES string of the molecule is Cc1cccc(Nc2nnc(SCC(=O)Nc3ccc([N+](=O)[O-])cc3)s2)c1C. The second-order valence-corrected chi connectivity index (χ2v) is 8.09. The summed E-state index contributed by atoms with van der Waals surface area (Å²) in [5.74, 6) is -0.0622. The molecule has 1 amide bonds. The Labute approximate surface area is 169 Å². The highest BCUT2D eigenvalue weighted by molar-refractivity contribution is 8.01. The molecule has 0 radical (unpaired) electrons. The normalized spacial score (nSPS) is 10.5. The molecular formula is C18H17N5O3S2. The van der Waals surface area contributed by atoms with E-state index >= 15 is 0 Å². The maximum Gasteiger partial charge on any atom is 0.269 e. The lowest BCUT2D eigenvalue weighted by Gasteiger charge is -2.08. The zero-order valence-corrected chi connectivity index (χ0v) is 16.8. The predicted molar refractivity (Wildman–Crippen MR) is 112 cm³/mol. The van der Waals surface area contributed by atoms with Crippen LogP contribution in [0.1, 0.15) is 11.1 Å². The molecule has 0 saturated heterocycles. The topological polar surface area (TPSA) is 110 Å². The van der Waals surface area contributed by atoms with Gasteiger partial charge >= 0.3 is 0 Å². The molecule has 0 spiro atoms. The summed E-state index contributed by atoms with van der Waals surface area (Å²) in [6, 6.07) is 11.7. The summed E-state index contributed by atoms with van der Waals surface area (Å²) in [6.07, 6.45) is 0. The van der Waals surface area contributed by atoms with E-state index in [1.165, 1.54) is 52.9 Å². The second kappa shape index (κ2) is 8.81. The van der Waals surface area contributed by atoms with Crippen LogP contribution in [0.3, 0.4) is 0 Å². The second-order valence-electron chi connectivity index (χ2n) is 5.89. The van der Waals surface area contributed by atoms with Gasteiger partial charge in [-0.05, 0) is 43.2 Å². The minimum absolute atomic E-state index is 0.0230. The van der Waals surface area contributed by atoms with E-state index in [0.717, 1.165) is 11.3 Å². The first kappa shape index (κ1) is 19.8. The zero-order valence-electron chi connectivity index (χ0n) is 15.1. The Bertz CT molecular complexity index is 1000. The molecule has 0 fully saturated rings. The van der Waals surface area contributed by atoms with E-state index in [9.17, 15) is 14.9 Å². The van der Waals surface area contributed by atoms with Crippen molar-refractivity contribution < 1.29 is 9.72 Å². The number of aryl methyl sites for hydroxylation is 1. The van der Waals surface area contributed by atoms with Gasteiger partial charge in [0.05, 0.1) is 10.7 Å². The van der Waals surface area contributed by atoms with Crippen molar-refractivity contribution in [1.29, 1.82) is 0 Å². The lowest BCUT2D eigenvalue weighted by molar-refractivity contribution is -0.384. The van der Waals surface area contributed by atoms with Gasteiger partial charge in [0.1, 0.15) is 0 Å². The Hall–Kier alpha value is -2.98. The summed E-state index contributed by atoms with van der Waals surface area (Å²) in [5.41, 5.74) is 3.79. The third-order valence-corrected chi connectivity index (χ3v) is 5.91. The zero-order chi connectivity index (χ0) is 20.1. The number of hydrogen-bond donors (Lipinski definition) is 2. The van der Waals surface area contributed by atoms with Crippen LogP contribution in [0, 0.1) is 24.0 Å². The van der Waals surface area contributed by atoms with Crippen molar-refractivity contribution in [3.8, 4) is 0 Å². The van der Waals surface area contributed by atoms with Gasteiger partial charge in [0.15, 0.2) is 4.34 Å². The number of carbonyl (C=O) groups excluding carboxylic acids is 1. The Morgan fingerprint density at radius 2 is 1.93 bits per heavy atom. The van der Waals surface area contributed by atoms with Crippen LogP contribution in [-0.4, -0.2) is 26.8 Å². The highest BCUT2D eigenvalue weighted by atomic mass is 32.2. The number of nitro groups is 1. The number of hydrogen-bond acceptors (Lipinski definition) is 8. The number of nitro benzene ring substituents is 1. The van der Waals surface area contributed by atoms with E-state index in [0.29, 0.717) is 15.2 Å². The number of amides is 1. The van der Waals surface area contributed by atoms with Gasteiger partial charge in [0.2, 0.25) is 11.0 Å². The van der Waals surface area contributed by atoms with Gasteiger partial charge in [-0.1, -0.05) is 35.2 Å². The lowest BCUT2D eigenvalue weighted by atomic mass is 10.1. The van der Waals surface area contributed by atoms with E-state index in [2.05, 4.69) is 20.8 Å². The highest BCUT2D eigenvalue weighted by Crippen LogP contribution is 2.29. The minimum atomic E-state index is -0.485. The van der Waals surface area contributed by atoms with Gasteiger partial charge < -0.3 is 10.6 Å². The maximum atomic E-state index is 12.1. The summed E-state index contributed by atoms with van der Waals surface area (Å²) < 4.78 is 0.673. The number of nitrogens with zero attached hydrogens (tertiary/aromatic N) is 3. The van der Waals surface area contributed by atoms with Crippen molar-refractivity contribution in [1.82, 2.24) is 10.2 Å². The van der Waals surface area contributed by atoms with Crippen molar-refractivity contribution in [3.63, 3.8) is 0 Å². The standard InChI is InChI=1S/C18H17N5O3S2/c1-11-4-3-5-15(12(11)2)20-17-21-22-18(28-17)27-10-16(24)19-13-6-8-14(9-7-13)23(25)26/h3-9H,10H2,1-2H3,(H,19,24)(H,20,21). The van der Waals surface area contributed by atoms with Crippen LogP contribution in [0.4, 0.5) is 22.2 Å². The molecule has 2 aromatic carbocycles. The first-order valence-corrected chi connectivity index (χ1v) is 10.1. The van der Waals surface area contributed by atoms with E-state index in [1.807, 2.05) is 32.0 Å². The molecule has 0 atom stereocenters. The highest BCUT2D eigenvalue weighted by Gasteiger charge is 2.11. The van der Waals surface area contributed by atoms with Gasteiger partial charge in [-0.25, -0.2) is 0 Å². The monoisotopic (exact) mass is 415 g/mol. The predicted octanol–water partition coefficient (Wildman–Crippen LogP) is 4.54. The number of non-ortho nitro benzene ring substituents is 1. The molecule has 144 valence electrons. The fourth-order valence-corrected chi connectivity index (χ4v) is 3.88. The summed E-state index contributed by atoms with van der Waals surface area (Å²) in [7, 11) is 0. The smallest absolute Gasteiger partial charge is 0.269 e. The van der Waals surface area contributed by atoms with Gasteiger partial charge in [-0.3, -0.25) is 14.9 Å². The summed E-state index contributed by atoms with van der Waals surface area (Å²) >= 11 is 2.65. The Balaban J connectivity index is 1.53. The first-order chi connectivity index (χ1) is 13.4. The molecule has 0 aliphatic carbocycles. The molecule has 1 aromatic heterocycles. The van der Waals surface area contributed by atoms with Crippen molar-refractivity contribution in [2.45, 2.75) is 18.2 Å². The quantitative estimate of drug-likeness (QED) is 0.331. The molecule has 0 bridgehead atoms. The van der Waals surface area contributed by atoms with Crippen molar-refractivity contribution >= 4 is 51.2 Å². The molecule has 28 heavy (non-hydrogen) atoms. The Morgan fingerprint density at radius 3 is 2.64 bits per heavy atom. The van der Waals surface area contributed by atoms with E-state index in [1.54, 1.807) is 0 Å². The Kier molecular flexibility index (Phi) is 6.22. The number of anilines is 3. The van der Waals surface area contributed by atoms with Gasteiger partial charge in [-0.2, -0.15) is 0 Å². The van der Waals surface area contributed by atoms with Crippen LogP contribution in [0.25, 0.3) is 0 Å². The molecule has 3 rings (SSSR count). The average Bonchev–Trinajstić information content (AvgIpc) is 3.12. The van der Waals surface area contributed by atoms with Gasteiger partial charge in [-0.15, -0.1) is 10.2 Å². The molecule has 1 heterocycles. The van der Waals surface area contributed by atoms with E-state index < -0.39 is 4.92 Å². The third-order valence-electron chi connectivity index (χ3n) is 3.94. The number of thioether (sulfide) groups is 1. The molecule has 0 aliphatic rings. The van der Waals surface area contributed by atoms with Crippen LogP contribution in [0.15, 0.2) is 46.8 Å². The number of carbonyl (C=O) groups is 1. The van der Waals surface area contributed by atoms with Crippen LogP contribution >= 0.6 is 23.1 Å². The summed E-state index contributed by atoms with van der Waals surface area (Å²) in [6.45, 7) is 4.09. The largest absolute Gasteiger partial charge is 0.330 e. The molecule has 0 saturated carbocycles. The van der Waals surface area contributed by atoms with Gasteiger partial charge in [0.25, 0.3) is 5.69 Å². The summed E-state index contributed by atoms with van der Waals surface area (Å²) in [5, 5.41) is 25.5. The maximum absolute atomic E-state index is 12.1. The molecule has 2 N–H and O–H groups in total. The Morgan fingerprint density at radius 1 is 1.18 bits per heavy atom. The number of aromatic nitrogens is 2. The van der Waals surface area contributed by atoms with Crippen LogP contribution in [0.5, 0.6) is 0 Å². The number of rotatable bonds is 7. The number of benzene rings is 2. The molecule has 0 aliphatic heterocycles. The molecule has 0 unspecified atom stereocenters. The van der Waals surface area contributed by atoms with Crippen LogP contribution < -0.4 is 10.6 Å². The summed E-state index contributed by atoms with van der Waals surface area (Å²) in [4.78, 5) is 22.2. The minimum Gasteiger partial charge on any atom is -0.330 e. The molecule has 8 nitrogen and oxygen atoms in total. The van der Waals surface area contributed by atoms with E-state index in [4.69, 9.17) is 0 Å². The van der Waals surface area contributed by atoms with Crippen molar-refractivity contribution in [2.75, 3.05) is 16.4 Å². The van der Waals surface area contributed by atoms with Gasteiger partial charge in [0, 0.05) is 23.5 Å². The first-order valence-electron chi connectivity index (χ1n) is 8.26. The van der Waals surface area contributed by atoms with Crippen molar-refractivity contribution in [2.24, 2.45) is 0 Å².